The lowest BCUT2D eigenvalue weighted by molar-refractivity contribution is 0.214. The van der Waals surface area contributed by atoms with Crippen molar-refractivity contribution in [3.8, 4) is 0 Å². The number of anilines is 1. The summed E-state index contributed by atoms with van der Waals surface area (Å²) in [4.78, 5) is 5.00. The Balaban J connectivity index is 1.67. The number of hydrogen-bond donors (Lipinski definition) is 0. The second-order valence-corrected chi connectivity index (χ2v) is 6.19. The molecule has 1 saturated heterocycles. The van der Waals surface area contributed by atoms with Crippen LogP contribution in [0.25, 0.3) is 0 Å². The minimum absolute atomic E-state index is 0.311. The molecule has 0 aliphatic carbocycles. The highest BCUT2D eigenvalue weighted by molar-refractivity contribution is 5.47. The summed E-state index contributed by atoms with van der Waals surface area (Å²) in [6.45, 7) is 8.71. The Hall–Kier alpha value is -1.88. The average Bonchev–Trinajstić information content (AvgIpc) is 2.80. The summed E-state index contributed by atoms with van der Waals surface area (Å²) in [5.74, 6) is 1.05. The van der Waals surface area contributed by atoms with Gasteiger partial charge in [0.1, 0.15) is 12.2 Å². The van der Waals surface area contributed by atoms with Gasteiger partial charge in [0.15, 0.2) is 0 Å². The van der Waals surface area contributed by atoms with E-state index >= 15 is 0 Å². The van der Waals surface area contributed by atoms with E-state index in [1.807, 2.05) is 11.6 Å². The van der Waals surface area contributed by atoms with Gasteiger partial charge in [-0.25, -0.2) is 0 Å². The molecule has 3 rings (SSSR count). The highest BCUT2D eigenvalue weighted by Gasteiger charge is 2.23. The third-order valence-electron chi connectivity index (χ3n) is 4.60. The second kappa shape index (κ2) is 6.48. The monoisotopic (exact) mass is 299 g/mol. The van der Waals surface area contributed by atoms with Crippen molar-refractivity contribution in [2.24, 2.45) is 7.05 Å². The van der Waals surface area contributed by atoms with Crippen molar-refractivity contribution in [2.75, 3.05) is 31.1 Å². The summed E-state index contributed by atoms with van der Waals surface area (Å²) >= 11 is 0. The van der Waals surface area contributed by atoms with Gasteiger partial charge in [-0.1, -0.05) is 17.7 Å². The molecule has 22 heavy (non-hydrogen) atoms. The topological polar surface area (TPSA) is 37.2 Å². The van der Waals surface area contributed by atoms with E-state index in [0.29, 0.717) is 6.04 Å². The first-order chi connectivity index (χ1) is 10.6. The maximum Gasteiger partial charge on any atom is 0.149 e. The molecule has 2 aromatic rings. The van der Waals surface area contributed by atoms with Crippen molar-refractivity contribution in [1.82, 2.24) is 19.7 Å². The van der Waals surface area contributed by atoms with E-state index in [1.54, 1.807) is 6.33 Å². The fourth-order valence-electron chi connectivity index (χ4n) is 3.17. The Bertz CT molecular complexity index is 604. The van der Waals surface area contributed by atoms with Crippen LogP contribution in [0.4, 0.5) is 5.69 Å². The number of aryl methyl sites for hydroxylation is 2. The highest BCUT2D eigenvalue weighted by Crippen LogP contribution is 2.22. The van der Waals surface area contributed by atoms with Gasteiger partial charge in [0, 0.05) is 38.9 Å². The molecular weight excluding hydrogens is 274 g/mol. The zero-order valence-corrected chi connectivity index (χ0v) is 13.7. The average molecular weight is 299 g/mol. The molecule has 0 amide bonds. The number of benzene rings is 1. The lowest BCUT2D eigenvalue weighted by atomic mass is 10.2. The fourth-order valence-corrected chi connectivity index (χ4v) is 3.17. The van der Waals surface area contributed by atoms with Gasteiger partial charge >= 0.3 is 0 Å². The standard InChI is InChI=1S/C17H25N5/c1-14-5-7-16(8-6-14)22-10-4-9-21(11-12-22)15(2)17-19-18-13-20(17)3/h5-8,13,15H,4,9-12H2,1-3H3. The second-order valence-electron chi connectivity index (χ2n) is 6.19. The summed E-state index contributed by atoms with van der Waals surface area (Å²) < 4.78 is 2.02. The van der Waals surface area contributed by atoms with Crippen molar-refractivity contribution < 1.29 is 0 Å². The van der Waals surface area contributed by atoms with Gasteiger partial charge in [0.05, 0.1) is 6.04 Å². The maximum atomic E-state index is 4.27. The quantitative estimate of drug-likeness (QED) is 0.872. The van der Waals surface area contributed by atoms with Crippen molar-refractivity contribution in [1.29, 1.82) is 0 Å². The van der Waals surface area contributed by atoms with Crippen LogP contribution >= 0.6 is 0 Å². The van der Waals surface area contributed by atoms with Gasteiger partial charge in [-0.05, 0) is 32.4 Å². The van der Waals surface area contributed by atoms with Crippen molar-refractivity contribution in [3.05, 3.63) is 42.0 Å². The van der Waals surface area contributed by atoms with E-state index in [1.165, 1.54) is 17.7 Å². The molecule has 1 atom stereocenters. The molecule has 0 bridgehead atoms. The molecule has 2 heterocycles. The van der Waals surface area contributed by atoms with Crippen LogP contribution in [0.3, 0.4) is 0 Å². The van der Waals surface area contributed by atoms with Crippen LogP contribution in [0.5, 0.6) is 0 Å². The van der Waals surface area contributed by atoms with Crippen molar-refractivity contribution in [3.63, 3.8) is 0 Å². The van der Waals surface area contributed by atoms with Crippen molar-refractivity contribution >= 4 is 5.69 Å². The molecule has 0 spiro atoms. The summed E-state index contributed by atoms with van der Waals surface area (Å²) in [5, 5.41) is 8.27. The van der Waals surface area contributed by atoms with Crippen LogP contribution in [0.1, 0.15) is 30.8 Å². The molecule has 1 unspecified atom stereocenters. The number of nitrogens with zero attached hydrogens (tertiary/aromatic N) is 5. The summed E-state index contributed by atoms with van der Waals surface area (Å²) in [6.07, 6.45) is 2.96. The Morgan fingerprint density at radius 2 is 1.82 bits per heavy atom. The molecule has 0 saturated carbocycles. The molecule has 1 fully saturated rings. The minimum Gasteiger partial charge on any atom is -0.370 e. The number of rotatable bonds is 3. The van der Waals surface area contributed by atoms with Gasteiger partial charge in [0.2, 0.25) is 0 Å². The summed E-state index contributed by atoms with van der Waals surface area (Å²) in [7, 11) is 2.02. The van der Waals surface area contributed by atoms with Crippen LogP contribution in [0.15, 0.2) is 30.6 Å². The number of hydrogen-bond acceptors (Lipinski definition) is 4. The molecule has 1 aliphatic heterocycles. The zero-order chi connectivity index (χ0) is 15.5. The molecule has 0 radical (unpaired) electrons. The molecule has 1 aromatic carbocycles. The van der Waals surface area contributed by atoms with Crippen LogP contribution in [0.2, 0.25) is 0 Å². The third-order valence-corrected chi connectivity index (χ3v) is 4.60. The molecule has 5 heteroatoms. The van der Waals surface area contributed by atoms with Crippen LogP contribution in [-0.2, 0) is 7.05 Å². The van der Waals surface area contributed by atoms with Gasteiger partial charge in [-0.3, -0.25) is 4.90 Å². The molecular formula is C17H25N5. The molecule has 1 aromatic heterocycles. The number of aromatic nitrogens is 3. The summed E-state index contributed by atoms with van der Waals surface area (Å²) in [5.41, 5.74) is 2.65. The van der Waals surface area contributed by atoms with Gasteiger partial charge in [-0.15, -0.1) is 10.2 Å². The zero-order valence-electron chi connectivity index (χ0n) is 13.7. The Labute approximate surface area is 132 Å². The first-order valence-electron chi connectivity index (χ1n) is 8.04. The normalized spacial score (nSPS) is 18.2. The van der Waals surface area contributed by atoms with Gasteiger partial charge < -0.3 is 9.47 Å². The van der Waals surface area contributed by atoms with Crippen LogP contribution in [0, 0.1) is 6.92 Å². The lowest BCUT2D eigenvalue weighted by Gasteiger charge is -2.27. The fraction of sp³-hybridized carbons (Fsp3) is 0.529. The Morgan fingerprint density at radius 3 is 2.50 bits per heavy atom. The Kier molecular flexibility index (Phi) is 4.43. The first kappa shape index (κ1) is 15.0. The van der Waals surface area contributed by atoms with Gasteiger partial charge in [-0.2, -0.15) is 0 Å². The van der Waals surface area contributed by atoms with Crippen molar-refractivity contribution in [2.45, 2.75) is 26.3 Å². The summed E-state index contributed by atoms with van der Waals surface area (Å²) in [6, 6.07) is 9.17. The lowest BCUT2D eigenvalue weighted by Crippen LogP contribution is -2.33. The SMILES string of the molecule is Cc1ccc(N2CCCN(C(C)c3nncn3C)CC2)cc1. The van der Waals surface area contributed by atoms with E-state index in [9.17, 15) is 0 Å². The smallest absolute Gasteiger partial charge is 0.149 e. The van der Waals surface area contributed by atoms with E-state index in [0.717, 1.165) is 32.0 Å². The highest BCUT2D eigenvalue weighted by atomic mass is 15.3. The molecule has 1 aliphatic rings. The van der Waals surface area contributed by atoms with E-state index in [4.69, 9.17) is 0 Å². The predicted octanol–water partition coefficient (Wildman–Crippen LogP) is 2.40. The van der Waals surface area contributed by atoms with E-state index in [-0.39, 0.29) is 0 Å². The van der Waals surface area contributed by atoms with Crippen LogP contribution < -0.4 is 4.90 Å². The van der Waals surface area contributed by atoms with E-state index in [2.05, 4.69) is 58.1 Å². The Morgan fingerprint density at radius 1 is 1.05 bits per heavy atom. The predicted molar refractivity (Wildman–Crippen MR) is 89.0 cm³/mol. The molecule has 0 N–H and O–H groups in total. The minimum atomic E-state index is 0.311. The first-order valence-corrected chi connectivity index (χ1v) is 8.04. The third kappa shape index (κ3) is 3.14. The molecule has 118 valence electrons. The molecule has 5 nitrogen and oxygen atoms in total. The van der Waals surface area contributed by atoms with E-state index < -0.39 is 0 Å². The van der Waals surface area contributed by atoms with Gasteiger partial charge in [0.25, 0.3) is 0 Å². The largest absolute Gasteiger partial charge is 0.370 e. The van der Waals surface area contributed by atoms with Crippen LogP contribution in [-0.4, -0.2) is 45.8 Å². The maximum absolute atomic E-state index is 4.27.